The molecular formula is C24H28N2O2. The van der Waals surface area contributed by atoms with Gasteiger partial charge in [0, 0.05) is 32.6 Å². The first kappa shape index (κ1) is 18.7. The number of benzene rings is 2. The lowest BCUT2D eigenvalue weighted by Gasteiger charge is -2.32. The van der Waals surface area contributed by atoms with E-state index in [1.54, 1.807) is 4.90 Å². The highest BCUT2D eigenvalue weighted by atomic mass is 16.2. The van der Waals surface area contributed by atoms with Gasteiger partial charge in [0.1, 0.15) is 0 Å². The molecule has 1 saturated carbocycles. The van der Waals surface area contributed by atoms with Crippen LogP contribution < -0.4 is 0 Å². The molecule has 0 bridgehead atoms. The van der Waals surface area contributed by atoms with Gasteiger partial charge in [0.2, 0.25) is 11.8 Å². The second-order valence-corrected chi connectivity index (χ2v) is 8.10. The highest BCUT2D eigenvalue weighted by molar-refractivity contribution is 5.83. The molecule has 1 aliphatic carbocycles. The van der Waals surface area contributed by atoms with Crippen LogP contribution in [0.1, 0.15) is 24.8 Å². The molecule has 2 aromatic rings. The normalized spacial score (nSPS) is 20.6. The van der Waals surface area contributed by atoms with Crippen LogP contribution in [-0.2, 0) is 16.0 Å². The molecular weight excluding hydrogens is 348 g/mol. The van der Waals surface area contributed by atoms with Gasteiger partial charge in [-0.25, -0.2) is 0 Å². The van der Waals surface area contributed by atoms with Crippen LogP contribution in [0.25, 0.3) is 11.1 Å². The molecule has 2 aliphatic rings. The molecule has 0 radical (unpaired) electrons. The van der Waals surface area contributed by atoms with Crippen LogP contribution in [0.15, 0.2) is 54.6 Å². The van der Waals surface area contributed by atoms with E-state index in [4.69, 9.17) is 0 Å². The maximum Gasteiger partial charge on any atom is 0.227 e. The van der Waals surface area contributed by atoms with Gasteiger partial charge in [0.15, 0.2) is 0 Å². The highest BCUT2D eigenvalue weighted by Gasteiger charge is 2.35. The van der Waals surface area contributed by atoms with E-state index < -0.39 is 0 Å². The second-order valence-electron chi connectivity index (χ2n) is 8.10. The summed E-state index contributed by atoms with van der Waals surface area (Å²) in [6, 6.07) is 18.6. The summed E-state index contributed by atoms with van der Waals surface area (Å²) < 4.78 is 0. The summed E-state index contributed by atoms with van der Waals surface area (Å²) in [4.78, 5) is 29.6. The third-order valence-corrected chi connectivity index (χ3v) is 6.21. The van der Waals surface area contributed by atoms with Crippen molar-refractivity contribution in [3.05, 3.63) is 60.2 Å². The third-order valence-electron chi connectivity index (χ3n) is 6.21. The lowest BCUT2D eigenvalue weighted by molar-refractivity contribution is -0.138. The maximum atomic E-state index is 13.0. The lowest BCUT2D eigenvalue weighted by Crippen LogP contribution is -2.42. The van der Waals surface area contributed by atoms with Gasteiger partial charge < -0.3 is 9.80 Å². The molecule has 2 aromatic carbocycles. The quantitative estimate of drug-likeness (QED) is 0.818. The van der Waals surface area contributed by atoms with E-state index in [1.165, 1.54) is 11.1 Å². The van der Waals surface area contributed by atoms with Crippen LogP contribution >= 0.6 is 0 Å². The fourth-order valence-electron chi connectivity index (χ4n) is 4.26. The number of carbonyl (C=O) groups is 2. The minimum absolute atomic E-state index is 0.145. The molecule has 1 unspecified atom stereocenters. The molecule has 1 aliphatic heterocycles. The molecule has 0 aromatic heterocycles. The number of nitrogens with zero attached hydrogens (tertiary/aromatic N) is 2. The van der Waals surface area contributed by atoms with E-state index in [2.05, 4.69) is 24.3 Å². The molecule has 146 valence electrons. The van der Waals surface area contributed by atoms with E-state index in [0.717, 1.165) is 24.8 Å². The summed E-state index contributed by atoms with van der Waals surface area (Å²) in [6.45, 7) is 1.80. The van der Waals surface area contributed by atoms with Crippen molar-refractivity contribution in [2.45, 2.75) is 25.7 Å². The molecule has 1 saturated heterocycles. The zero-order valence-corrected chi connectivity index (χ0v) is 16.5. The largest absolute Gasteiger partial charge is 0.344 e. The van der Waals surface area contributed by atoms with Gasteiger partial charge in [-0.3, -0.25) is 9.59 Å². The van der Waals surface area contributed by atoms with Crippen molar-refractivity contribution >= 4 is 11.8 Å². The van der Waals surface area contributed by atoms with Gasteiger partial charge in [-0.2, -0.15) is 0 Å². The van der Waals surface area contributed by atoms with Gasteiger partial charge in [-0.05, 0) is 36.0 Å². The average Bonchev–Trinajstić information content (AvgIpc) is 2.82. The van der Waals surface area contributed by atoms with E-state index in [-0.39, 0.29) is 23.7 Å². The number of hydrogen-bond donors (Lipinski definition) is 0. The Kier molecular flexibility index (Phi) is 5.47. The Balaban J connectivity index is 1.58. The van der Waals surface area contributed by atoms with Crippen LogP contribution in [0.4, 0.5) is 0 Å². The molecule has 0 spiro atoms. The Labute approximate surface area is 167 Å². The Morgan fingerprint density at radius 1 is 1.00 bits per heavy atom. The fourth-order valence-corrected chi connectivity index (χ4v) is 4.26. The summed E-state index contributed by atoms with van der Waals surface area (Å²) in [5, 5.41) is 0. The third kappa shape index (κ3) is 3.82. The second kappa shape index (κ2) is 8.17. The fraction of sp³-hybridized carbons (Fsp3) is 0.417. The summed E-state index contributed by atoms with van der Waals surface area (Å²) in [6.07, 6.45) is 3.81. The Bertz CT molecular complexity index is 845. The van der Waals surface area contributed by atoms with Crippen molar-refractivity contribution in [3.63, 3.8) is 0 Å². The molecule has 28 heavy (non-hydrogen) atoms. The minimum atomic E-state index is -0.193. The van der Waals surface area contributed by atoms with Gasteiger partial charge in [-0.15, -0.1) is 0 Å². The van der Waals surface area contributed by atoms with Crippen molar-refractivity contribution in [1.82, 2.24) is 9.80 Å². The Morgan fingerprint density at radius 3 is 2.43 bits per heavy atom. The Hall–Kier alpha value is -2.62. The van der Waals surface area contributed by atoms with Crippen molar-refractivity contribution in [2.75, 3.05) is 26.7 Å². The standard InChI is InChI=1S/C24H28N2O2/c1-25-14-15-26(24(28)19-11-7-12-19)17-21(23(25)27)16-20-10-5-6-13-22(20)18-8-3-2-4-9-18/h2-6,8-10,13,19,21H,7,11-12,14-17H2,1H3. The predicted octanol–water partition coefficient (Wildman–Crippen LogP) is 3.61. The zero-order chi connectivity index (χ0) is 19.5. The lowest BCUT2D eigenvalue weighted by atomic mass is 9.84. The summed E-state index contributed by atoms with van der Waals surface area (Å²) in [5.41, 5.74) is 3.49. The number of hydrogen-bond acceptors (Lipinski definition) is 2. The maximum absolute atomic E-state index is 13.0. The zero-order valence-electron chi connectivity index (χ0n) is 16.5. The average molecular weight is 377 g/mol. The first-order valence-electron chi connectivity index (χ1n) is 10.3. The number of likely N-dealkylation sites (N-methyl/N-ethyl adjacent to an activating group) is 1. The molecule has 0 N–H and O–H groups in total. The van der Waals surface area contributed by atoms with Crippen molar-refractivity contribution < 1.29 is 9.59 Å². The molecule has 4 rings (SSSR count). The van der Waals surface area contributed by atoms with Gasteiger partial charge in [0.25, 0.3) is 0 Å². The topological polar surface area (TPSA) is 40.6 Å². The van der Waals surface area contributed by atoms with E-state index in [1.807, 2.05) is 42.3 Å². The number of rotatable bonds is 4. The van der Waals surface area contributed by atoms with Gasteiger partial charge >= 0.3 is 0 Å². The van der Waals surface area contributed by atoms with Crippen LogP contribution in [0.3, 0.4) is 0 Å². The molecule has 1 heterocycles. The monoisotopic (exact) mass is 376 g/mol. The van der Waals surface area contributed by atoms with Crippen molar-refractivity contribution in [1.29, 1.82) is 0 Å². The Morgan fingerprint density at radius 2 is 1.71 bits per heavy atom. The van der Waals surface area contributed by atoms with Crippen LogP contribution in [0, 0.1) is 11.8 Å². The summed E-state index contributed by atoms with van der Waals surface area (Å²) >= 11 is 0. The van der Waals surface area contributed by atoms with Crippen molar-refractivity contribution in [3.8, 4) is 11.1 Å². The predicted molar refractivity (Wildman–Crippen MR) is 111 cm³/mol. The minimum Gasteiger partial charge on any atom is -0.344 e. The van der Waals surface area contributed by atoms with E-state index in [9.17, 15) is 9.59 Å². The smallest absolute Gasteiger partial charge is 0.227 e. The molecule has 2 fully saturated rings. The van der Waals surface area contributed by atoms with E-state index in [0.29, 0.717) is 26.1 Å². The molecule has 4 heteroatoms. The highest BCUT2D eigenvalue weighted by Crippen LogP contribution is 2.30. The number of amides is 2. The molecule has 1 atom stereocenters. The first-order valence-corrected chi connectivity index (χ1v) is 10.3. The SMILES string of the molecule is CN1CCN(C(=O)C2CCC2)CC(Cc2ccccc2-c2ccccc2)C1=O. The summed E-state index contributed by atoms with van der Waals surface area (Å²) in [5.74, 6) is 0.375. The molecule has 4 nitrogen and oxygen atoms in total. The van der Waals surface area contributed by atoms with E-state index >= 15 is 0 Å². The van der Waals surface area contributed by atoms with Crippen LogP contribution in [-0.4, -0.2) is 48.3 Å². The summed E-state index contributed by atoms with van der Waals surface area (Å²) in [7, 11) is 1.86. The molecule has 2 amide bonds. The van der Waals surface area contributed by atoms with Gasteiger partial charge in [0.05, 0.1) is 5.92 Å². The number of carbonyl (C=O) groups excluding carboxylic acids is 2. The van der Waals surface area contributed by atoms with Crippen LogP contribution in [0.5, 0.6) is 0 Å². The van der Waals surface area contributed by atoms with Crippen LogP contribution in [0.2, 0.25) is 0 Å². The van der Waals surface area contributed by atoms with Gasteiger partial charge in [-0.1, -0.05) is 61.0 Å². The van der Waals surface area contributed by atoms with Crippen molar-refractivity contribution in [2.24, 2.45) is 11.8 Å². The first-order chi connectivity index (χ1) is 13.6.